The molecule has 3 rings (SSSR count). The van der Waals surface area contributed by atoms with E-state index in [0.717, 1.165) is 0 Å². The molecule has 1 aromatic rings. The number of benzene rings is 1. The van der Waals surface area contributed by atoms with Crippen LogP contribution in [0.5, 0.6) is 0 Å². The Labute approximate surface area is 114 Å². The number of hydrogen-bond donors (Lipinski definition) is 1. The van der Waals surface area contributed by atoms with Crippen molar-refractivity contribution in [1.29, 1.82) is 0 Å². The molecule has 1 aliphatic carbocycles. The maximum Gasteiger partial charge on any atom is 0.234 e. The van der Waals surface area contributed by atoms with Crippen LogP contribution in [0.4, 0.5) is 0 Å². The number of imide groups is 1. The Kier molecular flexibility index (Phi) is 2.82. The first-order chi connectivity index (χ1) is 9.58. The van der Waals surface area contributed by atoms with Crippen LogP contribution in [-0.2, 0) is 9.59 Å². The topological polar surface area (TPSA) is 80.3 Å². The standard InChI is InChI=1S/C15H11NO4/c17-12-7-11(10-5-6-13(18)16-15(10)20)14(19)9-4-2-1-3-8(9)12/h1-4,7,10H,5-6H2,(H,16,18,20). The lowest BCUT2D eigenvalue weighted by Gasteiger charge is -2.25. The van der Waals surface area contributed by atoms with E-state index in [4.69, 9.17) is 0 Å². The fourth-order valence-electron chi connectivity index (χ4n) is 2.59. The number of allylic oxidation sites excluding steroid dienone is 1. The minimum absolute atomic E-state index is 0.177. The van der Waals surface area contributed by atoms with Crippen LogP contribution < -0.4 is 5.32 Å². The summed E-state index contributed by atoms with van der Waals surface area (Å²) < 4.78 is 0. The molecule has 0 spiro atoms. The predicted molar refractivity (Wildman–Crippen MR) is 69.1 cm³/mol. The van der Waals surface area contributed by atoms with Crippen molar-refractivity contribution in [3.05, 3.63) is 47.0 Å². The molecule has 5 heteroatoms. The van der Waals surface area contributed by atoms with Crippen molar-refractivity contribution in [2.45, 2.75) is 12.8 Å². The lowest BCUT2D eigenvalue weighted by atomic mass is 9.80. The van der Waals surface area contributed by atoms with E-state index in [1.165, 1.54) is 6.08 Å². The van der Waals surface area contributed by atoms with Crippen molar-refractivity contribution in [3.63, 3.8) is 0 Å². The number of carbonyl (C=O) groups excluding carboxylic acids is 4. The zero-order valence-corrected chi connectivity index (χ0v) is 10.5. The first-order valence-corrected chi connectivity index (χ1v) is 6.31. The molecule has 20 heavy (non-hydrogen) atoms. The molecule has 0 radical (unpaired) electrons. The first-order valence-electron chi connectivity index (χ1n) is 6.31. The van der Waals surface area contributed by atoms with Crippen LogP contribution in [0, 0.1) is 5.92 Å². The van der Waals surface area contributed by atoms with Crippen LogP contribution in [0.2, 0.25) is 0 Å². The molecular weight excluding hydrogens is 258 g/mol. The summed E-state index contributed by atoms with van der Waals surface area (Å²) in [5.41, 5.74) is 0.854. The van der Waals surface area contributed by atoms with Gasteiger partial charge in [-0.05, 0) is 12.5 Å². The van der Waals surface area contributed by atoms with Crippen LogP contribution in [0.3, 0.4) is 0 Å². The summed E-state index contributed by atoms with van der Waals surface area (Å²) in [5, 5.41) is 2.20. The third-order valence-electron chi connectivity index (χ3n) is 3.60. The summed E-state index contributed by atoms with van der Waals surface area (Å²) in [6.45, 7) is 0. The van der Waals surface area contributed by atoms with Gasteiger partial charge in [0.25, 0.3) is 0 Å². The number of Topliss-reactive ketones (excluding diaryl/α,β-unsaturated/α-hetero) is 1. The lowest BCUT2D eigenvalue weighted by Crippen LogP contribution is -2.43. The molecule has 1 saturated heterocycles. The molecule has 0 saturated carbocycles. The van der Waals surface area contributed by atoms with Crippen molar-refractivity contribution >= 4 is 23.4 Å². The quantitative estimate of drug-likeness (QED) is 0.772. The second kappa shape index (κ2) is 4.52. The van der Waals surface area contributed by atoms with Gasteiger partial charge in [0.1, 0.15) is 0 Å². The lowest BCUT2D eigenvalue weighted by molar-refractivity contribution is -0.135. The van der Waals surface area contributed by atoms with E-state index >= 15 is 0 Å². The van der Waals surface area contributed by atoms with E-state index in [-0.39, 0.29) is 35.9 Å². The highest BCUT2D eigenvalue weighted by molar-refractivity contribution is 6.26. The van der Waals surface area contributed by atoms with Crippen LogP contribution in [0.1, 0.15) is 33.6 Å². The number of fused-ring (bicyclic) bond motifs is 1. The van der Waals surface area contributed by atoms with Gasteiger partial charge < -0.3 is 0 Å². The summed E-state index contributed by atoms with van der Waals surface area (Å²) in [4.78, 5) is 47.4. The van der Waals surface area contributed by atoms with Crippen molar-refractivity contribution in [1.82, 2.24) is 5.32 Å². The van der Waals surface area contributed by atoms with Crippen LogP contribution in [0.25, 0.3) is 0 Å². The minimum Gasteiger partial charge on any atom is -0.296 e. The third kappa shape index (κ3) is 1.87. The summed E-state index contributed by atoms with van der Waals surface area (Å²) in [7, 11) is 0. The molecule has 1 N–H and O–H groups in total. The van der Waals surface area contributed by atoms with Gasteiger partial charge in [0, 0.05) is 23.1 Å². The van der Waals surface area contributed by atoms with Crippen molar-refractivity contribution < 1.29 is 19.2 Å². The highest BCUT2D eigenvalue weighted by Crippen LogP contribution is 2.29. The van der Waals surface area contributed by atoms with Gasteiger partial charge in [-0.25, -0.2) is 0 Å². The summed E-state index contributed by atoms with van der Waals surface area (Å²) in [5.74, 6) is -2.16. The third-order valence-corrected chi connectivity index (χ3v) is 3.60. The maximum absolute atomic E-state index is 12.4. The predicted octanol–water partition coefficient (Wildman–Crippen LogP) is 1.04. The molecule has 1 aromatic carbocycles. The van der Waals surface area contributed by atoms with Gasteiger partial charge in [0.15, 0.2) is 11.6 Å². The summed E-state index contributed by atoms with van der Waals surface area (Å²) in [6.07, 6.45) is 1.67. The van der Waals surface area contributed by atoms with Crippen molar-refractivity contribution in [2.75, 3.05) is 0 Å². The van der Waals surface area contributed by atoms with Gasteiger partial charge in [0.2, 0.25) is 11.8 Å². The number of piperidine rings is 1. The van der Waals surface area contributed by atoms with Gasteiger partial charge in [-0.15, -0.1) is 0 Å². The Balaban J connectivity index is 2.00. The average molecular weight is 269 g/mol. The largest absolute Gasteiger partial charge is 0.296 e. The van der Waals surface area contributed by atoms with Gasteiger partial charge in [-0.1, -0.05) is 24.3 Å². The van der Waals surface area contributed by atoms with Crippen LogP contribution in [0.15, 0.2) is 35.9 Å². The summed E-state index contributed by atoms with van der Waals surface area (Å²) in [6, 6.07) is 6.54. The average Bonchev–Trinajstić information content (AvgIpc) is 2.43. The molecule has 0 aromatic heterocycles. The SMILES string of the molecule is O=C1CCC(C2=CC(=O)c3ccccc3C2=O)C(=O)N1. The number of rotatable bonds is 1. The van der Waals surface area contributed by atoms with Crippen molar-refractivity contribution in [3.8, 4) is 0 Å². The molecule has 0 bridgehead atoms. The van der Waals surface area contributed by atoms with Crippen LogP contribution in [-0.4, -0.2) is 23.4 Å². The molecule has 2 aliphatic rings. The van der Waals surface area contributed by atoms with Gasteiger partial charge in [-0.3, -0.25) is 24.5 Å². The first kappa shape index (κ1) is 12.5. The van der Waals surface area contributed by atoms with Crippen molar-refractivity contribution in [2.24, 2.45) is 5.92 Å². The molecule has 2 amide bonds. The molecule has 1 atom stereocenters. The maximum atomic E-state index is 12.4. The minimum atomic E-state index is -0.725. The van der Waals surface area contributed by atoms with E-state index in [9.17, 15) is 19.2 Å². The normalized spacial score (nSPS) is 22.2. The van der Waals surface area contributed by atoms with Gasteiger partial charge in [-0.2, -0.15) is 0 Å². The number of amides is 2. The Hall–Kier alpha value is -2.56. The Morgan fingerprint density at radius 2 is 1.70 bits per heavy atom. The smallest absolute Gasteiger partial charge is 0.234 e. The second-order valence-corrected chi connectivity index (χ2v) is 4.84. The zero-order valence-electron chi connectivity index (χ0n) is 10.5. The molecule has 5 nitrogen and oxygen atoms in total. The van der Waals surface area contributed by atoms with E-state index in [2.05, 4.69) is 5.32 Å². The summed E-state index contributed by atoms with van der Waals surface area (Å²) >= 11 is 0. The highest BCUT2D eigenvalue weighted by Gasteiger charge is 2.36. The highest BCUT2D eigenvalue weighted by atomic mass is 16.2. The molecule has 1 heterocycles. The Bertz CT molecular complexity index is 687. The Morgan fingerprint density at radius 1 is 1.00 bits per heavy atom. The molecule has 1 aliphatic heterocycles. The molecule has 100 valence electrons. The fourth-order valence-corrected chi connectivity index (χ4v) is 2.59. The zero-order chi connectivity index (χ0) is 14.3. The van der Waals surface area contributed by atoms with E-state index in [0.29, 0.717) is 11.1 Å². The van der Waals surface area contributed by atoms with Gasteiger partial charge in [0.05, 0.1) is 5.92 Å². The van der Waals surface area contributed by atoms with Crippen LogP contribution >= 0.6 is 0 Å². The van der Waals surface area contributed by atoms with E-state index < -0.39 is 11.8 Å². The fraction of sp³-hybridized carbons (Fsp3) is 0.200. The molecular formula is C15H11NO4. The number of ketones is 2. The van der Waals surface area contributed by atoms with Gasteiger partial charge >= 0.3 is 0 Å². The number of nitrogens with one attached hydrogen (secondary N) is 1. The molecule has 1 unspecified atom stereocenters. The number of carbonyl (C=O) groups is 4. The monoisotopic (exact) mass is 269 g/mol. The van der Waals surface area contributed by atoms with E-state index in [1.807, 2.05) is 0 Å². The van der Waals surface area contributed by atoms with E-state index in [1.54, 1.807) is 24.3 Å². The molecule has 1 fully saturated rings. The second-order valence-electron chi connectivity index (χ2n) is 4.84. The Morgan fingerprint density at radius 3 is 2.40 bits per heavy atom. The number of hydrogen-bond acceptors (Lipinski definition) is 4.